The van der Waals surface area contributed by atoms with E-state index in [1.165, 1.54) is 17.7 Å². The van der Waals surface area contributed by atoms with Crippen molar-refractivity contribution in [1.29, 1.82) is 0 Å². The summed E-state index contributed by atoms with van der Waals surface area (Å²) in [6, 6.07) is 4.81. The lowest BCUT2D eigenvalue weighted by atomic mass is 10.2. The molecule has 0 radical (unpaired) electrons. The normalized spacial score (nSPS) is 23.7. The van der Waals surface area contributed by atoms with Crippen molar-refractivity contribution in [1.82, 2.24) is 10.6 Å². The van der Waals surface area contributed by atoms with Crippen LogP contribution in [0.25, 0.3) is 0 Å². The van der Waals surface area contributed by atoms with E-state index in [4.69, 9.17) is 0 Å². The summed E-state index contributed by atoms with van der Waals surface area (Å²) in [7, 11) is 0. The van der Waals surface area contributed by atoms with E-state index in [2.05, 4.69) is 28.9 Å². The Balaban J connectivity index is 1.62. The van der Waals surface area contributed by atoms with E-state index in [0.29, 0.717) is 12.1 Å². The molecule has 0 aromatic carbocycles. The Labute approximate surface area is 111 Å². The van der Waals surface area contributed by atoms with Crippen molar-refractivity contribution >= 4 is 17.2 Å². The molecule has 1 amide bonds. The minimum atomic E-state index is 0.0814. The third-order valence-corrected chi connectivity index (χ3v) is 4.80. The molecule has 18 heavy (non-hydrogen) atoms. The molecular formula is C14H18N2OS. The minimum Gasteiger partial charge on any atom is -0.348 e. The molecular weight excluding hydrogens is 244 g/mol. The Bertz CT molecular complexity index is 452. The number of thiophene rings is 1. The molecule has 1 aromatic rings. The van der Waals surface area contributed by atoms with E-state index in [-0.39, 0.29) is 5.91 Å². The summed E-state index contributed by atoms with van der Waals surface area (Å²) in [6.45, 7) is 1.10. The van der Waals surface area contributed by atoms with Gasteiger partial charge in [0.05, 0.1) is 4.88 Å². The SMILES string of the molecule is O=C(NC1CC=CC1)c1ccc([C@@H]2CCCN2)s1. The van der Waals surface area contributed by atoms with Crippen LogP contribution in [0, 0.1) is 0 Å². The highest BCUT2D eigenvalue weighted by atomic mass is 32.1. The molecule has 2 N–H and O–H groups in total. The van der Waals surface area contributed by atoms with Gasteiger partial charge in [0.2, 0.25) is 0 Å². The van der Waals surface area contributed by atoms with Crippen LogP contribution < -0.4 is 10.6 Å². The third kappa shape index (κ3) is 2.49. The second kappa shape index (κ2) is 5.24. The molecule has 1 aromatic heterocycles. The first-order chi connectivity index (χ1) is 8.83. The van der Waals surface area contributed by atoms with Gasteiger partial charge in [-0.3, -0.25) is 4.79 Å². The molecule has 4 heteroatoms. The molecule has 96 valence electrons. The van der Waals surface area contributed by atoms with Gasteiger partial charge in [-0.2, -0.15) is 0 Å². The summed E-state index contributed by atoms with van der Waals surface area (Å²) < 4.78 is 0. The molecule has 1 aliphatic heterocycles. The monoisotopic (exact) mass is 262 g/mol. The molecule has 2 heterocycles. The van der Waals surface area contributed by atoms with Crippen molar-refractivity contribution in [3.63, 3.8) is 0 Å². The first-order valence-electron chi connectivity index (χ1n) is 6.62. The van der Waals surface area contributed by atoms with Gasteiger partial charge >= 0.3 is 0 Å². The Morgan fingerprint density at radius 2 is 2.17 bits per heavy atom. The third-order valence-electron chi connectivity index (χ3n) is 3.60. The minimum absolute atomic E-state index is 0.0814. The van der Waals surface area contributed by atoms with Crippen molar-refractivity contribution in [2.75, 3.05) is 6.54 Å². The number of rotatable bonds is 3. The Morgan fingerprint density at radius 1 is 1.33 bits per heavy atom. The molecule has 3 nitrogen and oxygen atoms in total. The van der Waals surface area contributed by atoms with Crippen LogP contribution in [0.1, 0.15) is 46.3 Å². The number of hydrogen-bond donors (Lipinski definition) is 2. The van der Waals surface area contributed by atoms with Crippen LogP contribution in [0.15, 0.2) is 24.3 Å². The van der Waals surface area contributed by atoms with Gasteiger partial charge in [0.25, 0.3) is 5.91 Å². The van der Waals surface area contributed by atoms with Gasteiger partial charge in [0.15, 0.2) is 0 Å². The van der Waals surface area contributed by atoms with Gasteiger partial charge in [0.1, 0.15) is 0 Å². The van der Waals surface area contributed by atoms with E-state index in [0.717, 1.165) is 24.3 Å². The van der Waals surface area contributed by atoms with E-state index < -0.39 is 0 Å². The second-order valence-electron chi connectivity index (χ2n) is 4.96. The molecule has 2 aliphatic rings. The fraction of sp³-hybridized carbons (Fsp3) is 0.500. The molecule has 3 rings (SSSR count). The highest BCUT2D eigenvalue weighted by Crippen LogP contribution is 2.29. The molecule has 0 unspecified atom stereocenters. The van der Waals surface area contributed by atoms with Crippen molar-refractivity contribution < 1.29 is 4.79 Å². The summed E-state index contributed by atoms with van der Waals surface area (Å²) in [5, 5.41) is 6.55. The quantitative estimate of drug-likeness (QED) is 0.822. The van der Waals surface area contributed by atoms with Crippen LogP contribution in [-0.2, 0) is 0 Å². The first kappa shape index (κ1) is 11.9. The molecule has 0 saturated carbocycles. The average Bonchev–Trinajstić information content (AvgIpc) is 3.11. The Hall–Kier alpha value is -1.13. The lowest BCUT2D eigenvalue weighted by Gasteiger charge is -2.10. The zero-order valence-corrected chi connectivity index (χ0v) is 11.1. The summed E-state index contributed by atoms with van der Waals surface area (Å²) >= 11 is 1.63. The number of carbonyl (C=O) groups excluding carboxylic acids is 1. The van der Waals surface area contributed by atoms with E-state index >= 15 is 0 Å². The largest absolute Gasteiger partial charge is 0.348 e. The number of amides is 1. The standard InChI is InChI=1S/C14H18N2OS/c17-14(16-10-4-1-2-5-10)13-8-7-12(18-13)11-6-3-9-15-11/h1-2,7-8,10-11,15H,3-6,9H2,(H,16,17)/t11-/m0/s1. The number of nitrogens with one attached hydrogen (secondary N) is 2. The maximum Gasteiger partial charge on any atom is 0.261 e. The van der Waals surface area contributed by atoms with Crippen LogP contribution in [0.2, 0.25) is 0 Å². The zero-order valence-electron chi connectivity index (χ0n) is 10.3. The second-order valence-corrected chi connectivity index (χ2v) is 6.08. The molecule has 1 atom stereocenters. The van der Waals surface area contributed by atoms with Crippen LogP contribution >= 0.6 is 11.3 Å². The van der Waals surface area contributed by atoms with Crippen molar-refractivity contribution in [3.05, 3.63) is 34.0 Å². The summed E-state index contributed by atoms with van der Waals surface area (Å²) in [5.74, 6) is 0.0814. The van der Waals surface area contributed by atoms with Gasteiger partial charge in [-0.1, -0.05) is 12.2 Å². The van der Waals surface area contributed by atoms with Crippen LogP contribution in [0.3, 0.4) is 0 Å². The number of hydrogen-bond acceptors (Lipinski definition) is 3. The predicted octanol–water partition coefficient (Wildman–Crippen LogP) is 2.62. The maximum atomic E-state index is 12.1. The molecule has 1 fully saturated rings. The van der Waals surface area contributed by atoms with Crippen molar-refractivity contribution in [2.45, 2.75) is 37.8 Å². The van der Waals surface area contributed by atoms with Gasteiger partial charge in [-0.25, -0.2) is 0 Å². The summed E-state index contributed by atoms with van der Waals surface area (Å²) in [6.07, 6.45) is 8.62. The first-order valence-corrected chi connectivity index (χ1v) is 7.43. The molecule has 0 spiro atoms. The lowest BCUT2D eigenvalue weighted by Crippen LogP contribution is -2.32. The summed E-state index contributed by atoms with van der Waals surface area (Å²) in [4.78, 5) is 14.2. The maximum absolute atomic E-state index is 12.1. The van der Waals surface area contributed by atoms with E-state index in [1.54, 1.807) is 11.3 Å². The Morgan fingerprint density at radius 3 is 2.89 bits per heavy atom. The summed E-state index contributed by atoms with van der Waals surface area (Å²) in [5.41, 5.74) is 0. The van der Waals surface area contributed by atoms with Crippen molar-refractivity contribution in [3.8, 4) is 0 Å². The Kier molecular flexibility index (Phi) is 3.48. The topological polar surface area (TPSA) is 41.1 Å². The molecule has 1 aliphatic carbocycles. The highest BCUT2D eigenvalue weighted by molar-refractivity contribution is 7.14. The van der Waals surface area contributed by atoms with E-state index in [9.17, 15) is 4.79 Å². The van der Waals surface area contributed by atoms with Crippen LogP contribution in [0.5, 0.6) is 0 Å². The molecule has 1 saturated heterocycles. The predicted molar refractivity (Wildman–Crippen MR) is 73.9 cm³/mol. The van der Waals surface area contributed by atoms with Crippen LogP contribution in [-0.4, -0.2) is 18.5 Å². The van der Waals surface area contributed by atoms with Gasteiger partial charge in [-0.15, -0.1) is 11.3 Å². The lowest BCUT2D eigenvalue weighted by molar-refractivity contribution is 0.0943. The van der Waals surface area contributed by atoms with Crippen LogP contribution in [0.4, 0.5) is 0 Å². The smallest absolute Gasteiger partial charge is 0.261 e. The van der Waals surface area contributed by atoms with E-state index in [1.807, 2.05) is 6.07 Å². The van der Waals surface area contributed by atoms with Gasteiger partial charge < -0.3 is 10.6 Å². The van der Waals surface area contributed by atoms with Crippen molar-refractivity contribution in [2.24, 2.45) is 0 Å². The average molecular weight is 262 g/mol. The zero-order chi connectivity index (χ0) is 12.4. The highest BCUT2D eigenvalue weighted by Gasteiger charge is 2.20. The molecule has 0 bridgehead atoms. The number of carbonyl (C=O) groups is 1. The van der Waals surface area contributed by atoms with Gasteiger partial charge in [0, 0.05) is 17.0 Å². The van der Waals surface area contributed by atoms with Gasteiger partial charge in [-0.05, 0) is 44.4 Å². The fourth-order valence-electron chi connectivity index (χ4n) is 2.58. The fourth-order valence-corrected chi connectivity index (χ4v) is 3.60.